The standard InChI is InChI=1S/C7H9F3N2OS/c8-7(9,10)13-2-1-11-3-6-4-12-5-14-6/h4-5,11H,1-3H2. The summed E-state index contributed by atoms with van der Waals surface area (Å²) in [5.74, 6) is 0. The van der Waals surface area contributed by atoms with Crippen LogP contribution in [-0.2, 0) is 11.3 Å². The Morgan fingerprint density at radius 2 is 2.29 bits per heavy atom. The minimum absolute atomic E-state index is 0.164. The first kappa shape index (κ1) is 11.4. The molecule has 0 fully saturated rings. The van der Waals surface area contributed by atoms with Crippen molar-refractivity contribution in [3.05, 3.63) is 16.6 Å². The topological polar surface area (TPSA) is 34.1 Å². The van der Waals surface area contributed by atoms with Gasteiger partial charge >= 0.3 is 6.36 Å². The highest BCUT2D eigenvalue weighted by Gasteiger charge is 2.28. The average molecular weight is 226 g/mol. The summed E-state index contributed by atoms with van der Waals surface area (Å²) in [4.78, 5) is 4.81. The van der Waals surface area contributed by atoms with Crippen LogP contribution in [0.25, 0.3) is 0 Å². The molecule has 1 aromatic heterocycles. The quantitative estimate of drug-likeness (QED) is 0.777. The number of nitrogens with one attached hydrogen (secondary N) is 1. The highest BCUT2D eigenvalue weighted by Crippen LogP contribution is 2.15. The van der Waals surface area contributed by atoms with Gasteiger partial charge in [-0.1, -0.05) is 0 Å². The summed E-state index contributed by atoms with van der Waals surface area (Å²) in [6.07, 6.45) is -2.87. The van der Waals surface area contributed by atoms with Crippen molar-refractivity contribution in [2.75, 3.05) is 13.2 Å². The molecule has 0 bridgehead atoms. The van der Waals surface area contributed by atoms with Gasteiger partial charge in [-0.25, -0.2) is 0 Å². The van der Waals surface area contributed by atoms with Crippen molar-refractivity contribution >= 4 is 11.3 Å². The van der Waals surface area contributed by atoms with Gasteiger partial charge in [0.25, 0.3) is 0 Å². The van der Waals surface area contributed by atoms with E-state index in [1.165, 1.54) is 11.3 Å². The van der Waals surface area contributed by atoms with Gasteiger partial charge < -0.3 is 5.32 Å². The second-order valence-electron chi connectivity index (χ2n) is 2.44. The molecule has 0 amide bonds. The maximum Gasteiger partial charge on any atom is 0.522 e. The highest BCUT2D eigenvalue weighted by molar-refractivity contribution is 7.09. The zero-order valence-electron chi connectivity index (χ0n) is 7.17. The summed E-state index contributed by atoms with van der Waals surface area (Å²) in [6.45, 7) is 0.311. The maximum absolute atomic E-state index is 11.5. The Morgan fingerprint density at radius 1 is 1.50 bits per heavy atom. The lowest BCUT2D eigenvalue weighted by atomic mass is 10.5. The third kappa shape index (κ3) is 5.15. The summed E-state index contributed by atoms with van der Waals surface area (Å²) < 4.78 is 38.1. The van der Waals surface area contributed by atoms with Gasteiger partial charge in [-0.2, -0.15) is 0 Å². The molecule has 0 atom stereocenters. The van der Waals surface area contributed by atoms with Crippen LogP contribution in [0.4, 0.5) is 13.2 Å². The van der Waals surface area contributed by atoms with Crippen molar-refractivity contribution < 1.29 is 17.9 Å². The molecule has 3 nitrogen and oxygen atoms in total. The lowest BCUT2D eigenvalue weighted by Crippen LogP contribution is -2.23. The Bertz CT molecular complexity index is 250. The molecule has 1 aromatic rings. The summed E-state index contributed by atoms with van der Waals surface area (Å²) >= 11 is 1.45. The molecule has 0 saturated carbocycles. The van der Waals surface area contributed by atoms with E-state index in [9.17, 15) is 13.2 Å². The Kier molecular flexibility index (Phi) is 4.30. The fraction of sp³-hybridized carbons (Fsp3) is 0.571. The normalized spacial score (nSPS) is 11.9. The first-order valence-electron chi connectivity index (χ1n) is 3.87. The SMILES string of the molecule is FC(F)(F)OCCNCc1cncs1. The van der Waals surface area contributed by atoms with Crippen molar-refractivity contribution in [3.8, 4) is 0 Å². The highest BCUT2D eigenvalue weighted by atomic mass is 32.1. The minimum Gasteiger partial charge on any atom is -0.310 e. The third-order valence-electron chi connectivity index (χ3n) is 1.33. The molecule has 0 aliphatic heterocycles. The van der Waals surface area contributed by atoms with Crippen LogP contribution in [0, 0.1) is 0 Å². The van der Waals surface area contributed by atoms with Crippen LogP contribution < -0.4 is 5.32 Å². The van der Waals surface area contributed by atoms with Gasteiger partial charge in [0.15, 0.2) is 0 Å². The summed E-state index contributed by atoms with van der Waals surface area (Å²) in [7, 11) is 0. The van der Waals surface area contributed by atoms with Crippen LogP contribution >= 0.6 is 11.3 Å². The molecule has 0 aromatic carbocycles. The summed E-state index contributed by atoms with van der Waals surface area (Å²) in [6, 6.07) is 0. The largest absolute Gasteiger partial charge is 0.522 e. The molecule has 0 spiro atoms. The fourth-order valence-corrected chi connectivity index (χ4v) is 1.34. The number of alkyl halides is 3. The minimum atomic E-state index is -4.54. The smallest absolute Gasteiger partial charge is 0.310 e. The zero-order chi connectivity index (χ0) is 10.4. The van der Waals surface area contributed by atoms with Gasteiger partial charge in [0.1, 0.15) is 0 Å². The number of ether oxygens (including phenoxy) is 1. The van der Waals surface area contributed by atoms with E-state index in [1.807, 2.05) is 0 Å². The number of nitrogens with zero attached hydrogens (tertiary/aromatic N) is 1. The Balaban J connectivity index is 2.00. The van der Waals surface area contributed by atoms with Crippen molar-refractivity contribution in [3.63, 3.8) is 0 Å². The third-order valence-corrected chi connectivity index (χ3v) is 2.11. The number of hydrogen-bond donors (Lipinski definition) is 1. The van der Waals surface area contributed by atoms with E-state index in [4.69, 9.17) is 0 Å². The van der Waals surface area contributed by atoms with Crippen LogP contribution in [-0.4, -0.2) is 24.5 Å². The number of rotatable bonds is 5. The first-order valence-corrected chi connectivity index (χ1v) is 4.74. The fourth-order valence-electron chi connectivity index (χ4n) is 0.780. The van der Waals surface area contributed by atoms with E-state index in [2.05, 4.69) is 15.0 Å². The molecule has 0 unspecified atom stereocenters. The molecule has 1 heterocycles. The molecule has 1 N–H and O–H groups in total. The molecular formula is C7H9F3N2OS. The molecule has 0 saturated heterocycles. The number of thiazole rings is 1. The van der Waals surface area contributed by atoms with E-state index in [0.717, 1.165) is 4.88 Å². The molecule has 0 aliphatic rings. The lowest BCUT2D eigenvalue weighted by Gasteiger charge is -2.07. The Hall–Kier alpha value is -0.660. The molecule has 0 aliphatic carbocycles. The van der Waals surface area contributed by atoms with Crippen LogP contribution in [0.5, 0.6) is 0 Å². The molecular weight excluding hydrogens is 217 g/mol. The lowest BCUT2D eigenvalue weighted by molar-refractivity contribution is -0.323. The summed E-state index contributed by atoms with van der Waals surface area (Å²) in [5, 5.41) is 2.81. The van der Waals surface area contributed by atoms with E-state index in [0.29, 0.717) is 6.54 Å². The van der Waals surface area contributed by atoms with Crippen LogP contribution in [0.2, 0.25) is 0 Å². The van der Waals surface area contributed by atoms with Crippen molar-refractivity contribution in [1.29, 1.82) is 0 Å². The van der Waals surface area contributed by atoms with Gasteiger partial charge in [0.05, 0.1) is 12.1 Å². The predicted octanol–water partition coefficient (Wildman–Crippen LogP) is 1.77. The maximum atomic E-state index is 11.5. The number of halogens is 3. The van der Waals surface area contributed by atoms with Crippen LogP contribution in [0.15, 0.2) is 11.7 Å². The van der Waals surface area contributed by atoms with Crippen molar-refractivity contribution in [1.82, 2.24) is 10.3 Å². The molecule has 7 heteroatoms. The van der Waals surface area contributed by atoms with Crippen molar-refractivity contribution in [2.45, 2.75) is 12.9 Å². The van der Waals surface area contributed by atoms with Crippen LogP contribution in [0.3, 0.4) is 0 Å². The van der Waals surface area contributed by atoms with E-state index < -0.39 is 6.36 Å². The van der Waals surface area contributed by atoms with E-state index in [1.54, 1.807) is 11.7 Å². The average Bonchev–Trinajstić information content (AvgIpc) is 2.54. The van der Waals surface area contributed by atoms with Gasteiger partial charge in [-0.15, -0.1) is 24.5 Å². The summed E-state index contributed by atoms with van der Waals surface area (Å²) in [5.41, 5.74) is 1.67. The Morgan fingerprint density at radius 3 is 2.86 bits per heavy atom. The molecule has 0 radical (unpaired) electrons. The van der Waals surface area contributed by atoms with Gasteiger partial charge in [-0.05, 0) is 0 Å². The predicted molar refractivity (Wildman–Crippen MR) is 45.8 cm³/mol. The van der Waals surface area contributed by atoms with Gasteiger partial charge in [0.2, 0.25) is 0 Å². The number of hydrogen-bond acceptors (Lipinski definition) is 4. The van der Waals surface area contributed by atoms with E-state index in [-0.39, 0.29) is 13.2 Å². The second kappa shape index (κ2) is 5.28. The monoisotopic (exact) mass is 226 g/mol. The van der Waals surface area contributed by atoms with Crippen molar-refractivity contribution in [2.24, 2.45) is 0 Å². The van der Waals surface area contributed by atoms with Crippen LogP contribution in [0.1, 0.15) is 4.88 Å². The molecule has 14 heavy (non-hydrogen) atoms. The Labute approximate surface area is 82.9 Å². The number of aromatic nitrogens is 1. The first-order chi connectivity index (χ1) is 6.58. The van der Waals surface area contributed by atoms with Gasteiger partial charge in [-0.3, -0.25) is 9.72 Å². The molecule has 1 rings (SSSR count). The van der Waals surface area contributed by atoms with Gasteiger partial charge in [0, 0.05) is 24.2 Å². The second-order valence-corrected chi connectivity index (χ2v) is 3.41. The zero-order valence-corrected chi connectivity index (χ0v) is 7.99. The van der Waals surface area contributed by atoms with E-state index >= 15 is 0 Å². The molecule has 80 valence electrons.